The molecule has 2 aromatic rings. The lowest BCUT2D eigenvalue weighted by atomic mass is 9.97. The van der Waals surface area contributed by atoms with Crippen LogP contribution < -0.4 is 14.9 Å². The fourth-order valence-corrected chi connectivity index (χ4v) is 6.47. The zero-order valence-electron chi connectivity index (χ0n) is 21.1. The lowest BCUT2D eigenvalue weighted by Gasteiger charge is -2.48. The quantitative estimate of drug-likeness (QED) is 0.509. The summed E-state index contributed by atoms with van der Waals surface area (Å²) >= 11 is 12.6. The number of pyridine rings is 1. The van der Waals surface area contributed by atoms with Crippen molar-refractivity contribution in [3.05, 3.63) is 52.1 Å². The van der Waals surface area contributed by atoms with E-state index in [1.54, 1.807) is 6.07 Å². The molecule has 2 N–H and O–H groups in total. The second-order valence-corrected chi connectivity index (χ2v) is 12.3. The minimum Gasteiger partial charge on any atom is -0.353 e. The van der Waals surface area contributed by atoms with Gasteiger partial charge in [-0.2, -0.15) is 0 Å². The largest absolute Gasteiger partial charge is 0.353 e. The minimum absolute atomic E-state index is 0.190. The van der Waals surface area contributed by atoms with E-state index in [1.807, 2.05) is 19.2 Å². The number of anilines is 2. The average Bonchev–Trinajstić information content (AvgIpc) is 2.85. The maximum Gasteiger partial charge on any atom is 0.229 e. The van der Waals surface area contributed by atoms with Gasteiger partial charge in [0.2, 0.25) is 10.0 Å². The van der Waals surface area contributed by atoms with E-state index in [9.17, 15) is 8.42 Å². The van der Waals surface area contributed by atoms with Gasteiger partial charge in [0.1, 0.15) is 5.82 Å². The van der Waals surface area contributed by atoms with E-state index >= 15 is 0 Å². The third kappa shape index (κ3) is 6.62. The van der Waals surface area contributed by atoms with E-state index in [1.165, 1.54) is 11.8 Å². The van der Waals surface area contributed by atoms with Crippen LogP contribution in [0.2, 0.25) is 10.0 Å². The van der Waals surface area contributed by atoms with Crippen molar-refractivity contribution in [3.63, 3.8) is 0 Å². The van der Waals surface area contributed by atoms with Crippen molar-refractivity contribution in [3.8, 4) is 0 Å². The number of piperidine rings is 1. The number of halogens is 2. The van der Waals surface area contributed by atoms with Gasteiger partial charge in [-0.1, -0.05) is 42.3 Å². The van der Waals surface area contributed by atoms with Gasteiger partial charge >= 0.3 is 0 Å². The number of benzene rings is 1. The number of hydrogen-bond donors (Lipinski definition) is 2. The lowest BCUT2D eigenvalue weighted by molar-refractivity contribution is 0.0437. The molecular formula is C25H36Cl2N6O2S. The van der Waals surface area contributed by atoms with Crippen molar-refractivity contribution in [2.45, 2.75) is 44.4 Å². The van der Waals surface area contributed by atoms with Gasteiger partial charge in [-0.3, -0.25) is 14.5 Å². The van der Waals surface area contributed by atoms with Crippen LogP contribution in [-0.2, 0) is 10.0 Å². The molecule has 2 aliphatic rings. The molecule has 0 radical (unpaired) electrons. The zero-order chi connectivity index (χ0) is 25.9. The Hall–Kier alpha value is -1.62. The molecule has 2 aliphatic heterocycles. The molecule has 2 atom stereocenters. The van der Waals surface area contributed by atoms with Gasteiger partial charge in [-0.25, -0.2) is 13.4 Å². The van der Waals surface area contributed by atoms with E-state index < -0.39 is 10.0 Å². The molecule has 0 saturated carbocycles. The van der Waals surface area contributed by atoms with Gasteiger partial charge in [-0.05, 0) is 50.1 Å². The summed E-state index contributed by atoms with van der Waals surface area (Å²) in [5.74, 6) is 0.712. The van der Waals surface area contributed by atoms with Gasteiger partial charge < -0.3 is 10.2 Å². The van der Waals surface area contributed by atoms with Gasteiger partial charge in [0.25, 0.3) is 0 Å². The highest BCUT2D eigenvalue weighted by Crippen LogP contribution is 2.32. The minimum atomic E-state index is -3.37. The molecule has 2 saturated heterocycles. The SMILES string of the molecule is CC[C@H]1CN(c2ncc(NS(C)(=O)=O)cc2Cl)CCN1C1CCN(C(NC)c2ccc(Cl)cc2)CC1. The maximum absolute atomic E-state index is 11.5. The van der Waals surface area contributed by atoms with Crippen molar-refractivity contribution in [2.75, 3.05) is 55.6 Å². The topological polar surface area (TPSA) is 80.8 Å². The molecule has 0 bridgehead atoms. The standard InChI is InChI=1S/C25H36Cl2N6O2S/c1-4-21-17-32(25-23(27)15-20(16-29-25)30-36(3,34)35)13-14-33(21)22-9-11-31(12-10-22)24(28-2)18-5-7-19(26)8-6-18/h5-8,15-16,21-22,24,28,30H,4,9-14,17H2,1-3H3/t21-,24?/m0/s1. The molecule has 1 aromatic carbocycles. The Morgan fingerprint density at radius 2 is 1.81 bits per heavy atom. The Bertz CT molecular complexity index is 1130. The summed E-state index contributed by atoms with van der Waals surface area (Å²) in [5, 5.41) is 4.69. The monoisotopic (exact) mass is 554 g/mol. The van der Waals surface area contributed by atoms with Crippen LogP contribution in [0.3, 0.4) is 0 Å². The first-order valence-electron chi connectivity index (χ1n) is 12.5. The molecule has 198 valence electrons. The van der Waals surface area contributed by atoms with Crippen LogP contribution in [-0.4, -0.2) is 81.3 Å². The Balaban J connectivity index is 1.37. The van der Waals surface area contributed by atoms with Crippen molar-refractivity contribution < 1.29 is 8.42 Å². The predicted octanol–water partition coefficient (Wildman–Crippen LogP) is 4.04. The number of rotatable bonds is 8. The van der Waals surface area contributed by atoms with Gasteiger partial charge in [-0.15, -0.1) is 0 Å². The fraction of sp³-hybridized carbons (Fsp3) is 0.560. The summed E-state index contributed by atoms with van der Waals surface area (Å²) in [6.07, 6.45) is 6.15. The summed E-state index contributed by atoms with van der Waals surface area (Å²) in [5.41, 5.74) is 1.62. The molecule has 1 aromatic heterocycles. The van der Waals surface area contributed by atoms with Crippen LogP contribution in [0.25, 0.3) is 0 Å². The number of hydrogen-bond acceptors (Lipinski definition) is 7. The van der Waals surface area contributed by atoms with Crippen molar-refractivity contribution in [1.82, 2.24) is 20.1 Å². The van der Waals surface area contributed by atoms with Crippen LogP contribution in [0.4, 0.5) is 11.5 Å². The number of likely N-dealkylation sites (tertiary alicyclic amines) is 1. The highest BCUT2D eigenvalue weighted by molar-refractivity contribution is 7.92. The van der Waals surface area contributed by atoms with Gasteiger partial charge in [0.05, 0.1) is 29.3 Å². The predicted molar refractivity (Wildman–Crippen MR) is 149 cm³/mol. The average molecular weight is 556 g/mol. The zero-order valence-corrected chi connectivity index (χ0v) is 23.5. The third-order valence-electron chi connectivity index (χ3n) is 7.22. The summed E-state index contributed by atoms with van der Waals surface area (Å²) in [6, 6.07) is 10.7. The van der Waals surface area contributed by atoms with Crippen LogP contribution in [0.15, 0.2) is 36.5 Å². The van der Waals surface area contributed by atoms with Crippen molar-refractivity contribution >= 4 is 44.7 Å². The Morgan fingerprint density at radius 1 is 1.11 bits per heavy atom. The van der Waals surface area contributed by atoms with E-state index in [2.05, 4.69) is 48.8 Å². The number of aromatic nitrogens is 1. The first kappa shape index (κ1) is 27.4. The van der Waals surface area contributed by atoms with Crippen LogP contribution >= 0.6 is 23.2 Å². The van der Waals surface area contributed by atoms with Crippen LogP contribution in [0.1, 0.15) is 37.9 Å². The molecule has 11 heteroatoms. The third-order valence-corrected chi connectivity index (χ3v) is 8.35. The molecule has 36 heavy (non-hydrogen) atoms. The normalized spacial score (nSPS) is 21.5. The molecule has 8 nitrogen and oxygen atoms in total. The summed E-state index contributed by atoms with van der Waals surface area (Å²) in [6.45, 7) is 6.97. The summed E-state index contributed by atoms with van der Waals surface area (Å²) in [4.78, 5) is 11.9. The first-order chi connectivity index (χ1) is 17.2. The molecular weight excluding hydrogens is 519 g/mol. The number of piperazine rings is 1. The molecule has 1 unspecified atom stereocenters. The van der Waals surface area contributed by atoms with E-state index in [0.717, 1.165) is 63.3 Å². The summed E-state index contributed by atoms with van der Waals surface area (Å²) in [7, 11) is -1.36. The van der Waals surface area contributed by atoms with E-state index in [0.29, 0.717) is 28.6 Å². The molecule has 3 heterocycles. The lowest BCUT2D eigenvalue weighted by Crippen LogP contribution is -2.59. The Labute approximate surface area is 225 Å². The molecule has 0 aliphatic carbocycles. The van der Waals surface area contributed by atoms with Crippen molar-refractivity contribution in [2.24, 2.45) is 0 Å². The number of nitrogens with zero attached hydrogens (tertiary/aromatic N) is 4. The van der Waals surface area contributed by atoms with Crippen molar-refractivity contribution in [1.29, 1.82) is 0 Å². The van der Waals surface area contributed by atoms with E-state index in [4.69, 9.17) is 23.2 Å². The highest BCUT2D eigenvalue weighted by atomic mass is 35.5. The second kappa shape index (κ2) is 11.8. The Kier molecular flexibility index (Phi) is 9.01. The maximum atomic E-state index is 11.5. The number of nitrogens with one attached hydrogen (secondary N) is 2. The van der Waals surface area contributed by atoms with Crippen LogP contribution in [0.5, 0.6) is 0 Å². The second-order valence-electron chi connectivity index (χ2n) is 9.66. The van der Waals surface area contributed by atoms with Gasteiger partial charge in [0, 0.05) is 49.8 Å². The number of sulfonamides is 1. The van der Waals surface area contributed by atoms with E-state index in [-0.39, 0.29) is 6.17 Å². The van der Waals surface area contributed by atoms with Crippen LogP contribution in [0, 0.1) is 0 Å². The first-order valence-corrected chi connectivity index (χ1v) is 15.1. The molecule has 2 fully saturated rings. The smallest absolute Gasteiger partial charge is 0.229 e. The summed E-state index contributed by atoms with van der Waals surface area (Å²) < 4.78 is 25.5. The Morgan fingerprint density at radius 3 is 2.39 bits per heavy atom. The molecule has 4 rings (SSSR count). The molecule has 0 amide bonds. The fourth-order valence-electron chi connectivity index (χ4n) is 5.52. The highest BCUT2D eigenvalue weighted by Gasteiger charge is 2.35. The van der Waals surface area contributed by atoms with Gasteiger partial charge in [0.15, 0.2) is 0 Å². The molecule has 0 spiro atoms.